The molecule has 7 nitrogen and oxygen atoms in total. The summed E-state index contributed by atoms with van der Waals surface area (Å²) in [5.41, 5.74) is 7.36. The second kappa shape index (κ2) is 8.21. The van der Waals surface area contributed by atoms with Gasteiger partial charge in [-0.15, -0.1) is 0 Å². The number of nitrogens with zero attached hydrogens (tertiary/aromatic N) is 1. The Bertz CT molecular complexity index is 1270. The molecule has 2 fully saturated rings. The summed E-state index contributed by atoms with van der Waals surface area (Å²) in [7, 11) is 0. The van der Waals surface area contributed by atoms with Crippen molar-refractivity contribution >= 4 is 23.6 Å². The Kier molecular flexibility index (Phi) is 5.41. The van der Waals surface area contributed by atoms with Gasteiger partial charge in [-0.2, -0.15) is 0 Å². The predicted octanol–water partition coefficient (Wildman–Crippen LogP) is 2.98. The second-order valence-corrected chi connectivity index (χ2v) is 9.37. The van der Waals surface area contributed by atoms with E-state index in [0.717, 1.165) is 0 Å². The van der Waals surface area contributed by atoms with E-state index in [-0.39, 0.29) is 30.4 Å². The van der Waals surface area contributed by atoms with E-state index in [9.17, 15) is 32.3 Å². The lowest BCUT2D eigenvalue weighted by molar-refractivity contribution is -0.137. The van der Waals surface area contributed by atoms with Crippen LogP contribution in [0.4, 0.5) is 13.2 Å². The Morgan fingerprint density at radius 2 is 1.83 bits per heavy atom. The van der Waals surface area contributed by atoms with Crippen LogP contribution in [0.5, 0.6) is 0 Å². The number of benzene rings is 2. The van der Waals surface area contributed by atoms with Crippen LogP contribution in [0, 0.1) is 5.82 Å². The Labute approximate surface area is 198 Å². The van der Waals surface area contributed by atoms with E-state index in [1.54, 1.807) is 0 Å². The zero-order chi connectivity index (χ0) is 25.1. The number of piperidine rings is 1. The van der Waals surface area contributed by atoms with Crippen LogP contribution in [0.2, 0.25) is 0 Å². The molecule has 4 amide bonds. The fourth-order valence-electron chi connectivity index (χ4n) is 5.35. The van der Waals surface area contributed by atoms with Crippen molar-refractivity contribution in [3.8, 4) is 0 Å². The van der Waals surface area contributed by atoms with Gasteiger partial charge in [0, 0.05) is 30.4 Å². The van der Waals surface area contributed by atoms with Crippen LogP contribution in [-0.4, -0.2) is 40.5 Å². The number of carbonyl (C=O) groups is 4. The maximum atomic E-state index is 14.1. The molecular formula is C25H22F3N3O4. The number of nitrogens with one attached hydrogen (secondary N) is 1. The van der Waals surface area contributed by atoms with Gasteiger partial charge in [-0.05, 0) is 65.8 Å². The summed E-state index contributed by atoms with van der Waals surface area (Å²) in [5.74, 6) is -6.09. The average Bonchev–Trinajstić information content (AvgIpc) is 3.04. The molecule has 2 aromatic carbocycles. The highest BCUT2D eigenvalue weighted by atomic mass is 19.3. The fourth-order valence-corrected chi connectivity index (χ4v) is 5.35. The van der Waals surface area contributed by atoms with Gasteiger partial charge < -0.3 is 10.6 Å². The highest BCUT2D eigenvalue weighted by Gasteiger charge is 2.48. The van der Waals surface area contributed by atoms with Gasteiger partial charge in [0.05, 0.1) is 6.04 Å². The maximum Gasteiger partial charge on any atom is 0.255 e. The lowest BCUT2D eigenvalue weighted by atomic mass is 9.74. The number of fused-ring (bicyclic) bond motifs is 1. The minimum Gasteiger partial charge on any atom is -0.366 e. The molecular weight excluding hydrogens is 463 g/mol. The van der Waals surface area contributed by atoms with Gasteiger partial charge in [-0.3, -0.25) is 24.5 Å². The summed E-state index contributed by atoms with van der Waals surface area (Å²) in [5, 5.41) is 2.25. The normalized spacial score (nSPS) is 23.6. The van der Waals surface area contributed by atoms with Crippen molar-refractivity contribution in [2.75, 3.05) is 0 Å². The van der Waals surface area contributed by atoms with Crippen molar-refractivity contribution in [2.45, 2.75) is 56.0 Å². The third kappa shape index (κ3) is 4.06. The molecule has 2 atom stereocenters. The fraction of sp³-hybridized carbons (Fsp3) is 0.360. The number of imide groups is 1. The van der Waals surface area contributed by atoms with Gasteiger partial charge in [0.2, 0.25) is 23.6 Å². The maximum absolute atomic E-state index is 14.1. The zero-order valence-electron chi connectivity index (χ0n) is 18.5. The molecule has 3 N–H and O–H groups in total. The number of alkyl halides is 2. The number of rotatable bonds is 5. The molecule has 1 aliphatic carbocycles. The summed E-state index contributed by atoms with van der Waals surface area (Å²) in [4.78, 5) is 51.0. The molecule has 35 heavy (non-hydrogen) atoms. The molecule has 5 rings (SSSR count). The van der Waals surface area contributed by atoms with Crippen LogP contribution < -0.4 is 11.1 Å². The molecule has 0 bridgehead atoms. The number of amides is 4. The summed E-state index contributed by atoms with van der Waals surface area (Å²) < 4.78 is 41.3. The van der Waals surface area contributed by atoms with Gasteiger partial charge in [0.15, 0.2) is 0 Å². The molecule has 2 heterocycles. The van der Waals surface area contributed by atoms with Crippen LogP contribution in [0.15, 0.2) is 36.4 Å². The first-order valence-corrected chi connectivity index (χ1v) is 11.3. The smallest absolute Gasteiger partial charge is 0.255 e. The van der Waals surface area contributed by atoms with Crippen molar-refractivity contribution < 1.29 is 32.3 Å². The van der Waals surface area contributed by atoms with Crippen LogP contribution in [0.3, 0.4) is 0 Å². The molecule has 3 aliphatic rings. The Balaban J connectivity index is 1.57. The lowest BCUT2D eigenvalue weighted by Crippen LogP contribution is -2.53. The monoisotopic (exact) mass is 485 g/mol. The molecule has 0 radical (unpaired) electrons. The molecule has 182 valence electrons. The number of hydrogen-bond acceptors (Lipinski definition) is 4. The standard InChI is InChI=1S/C25H22F3N3O4/c26-15-3-1-12(17(9-15)14-10-25(27,28)11-14)8-20-18-7-13(22(29)33)2-4-16(18)24(35)31(20)19-5-6-21(32)30-23(19)34/h1-4,7,9,14,19-20H,5-6,8,10-11H2,(H2,29,33)(H,30,32,34). The predicted molar refractivity (Wildman–Crippen MR) is 117 cm³/mol. The largest absolute Gasteiger partial charge is 0.366 e. The van der Waals surface area contributed by atoms with E-state index in [1.165, 1.54) is 41.3 Å². The first kappa shape index (κ1) is 23.1. The van der Waals surface area contributed by atoms with E-state index < -0.39 is 66.2 Å². The molecule has 10 heteroatoms. The summed E-state index contributed by atoms with van der Waals surface area (Å²) >= 11 is 0. The van der Waals surface area contributed by atoms with Crippen LogP contribution in [0.25, 0.3) is 0 Å². The van der Waals surface area contributed by atoms with E-state index in [1.807, 2.05) is 0 Å². The minimum atomic E-state index is -2.81. The highest BCUT2D eigenvalue weighted by molar-refractivity contribution is 6.06. The van der Waals surface area contributed by atoms with Crippen molar-refractivity contribution in [1.82, 2.24) is 10.2 Å². The quantitative estimate of drug-likeness (QED) is 0.635. The molecule has 2 aromatic rings. The summed E-state index contributed by atoms with van der Waals surface area (Å²) in [6, 6.07) is 6.67. The Morgan fingerprint density at radius 3 is 2.49 bits per heavy atom. The van der Waals surface area contributed by atoms with Crippen molar-refractivity contribution in [3.63, 3.8) is 0 Å². The van der Waals surface area contributed by atoms with E-state index in [0.29, 0.717) is 16.7 Å². The van der Waals surface area contributed by atoms with E-state index >= 15 is 0 Å². The van der Waals surface area contributed by atoms with Crippen molar-refractivity contribution in [2.24, 2.45) is 5.73 Å². The van der Waals surface area contributed by atoms with Crippen LogP contribution in [-0.2, 0) is 16.0 Å². The van der Waals surface area contributed by atoms with Gasteiger partial charge >= 0.3 is 0 Å². The second-order valence-electron chi connectivity index (χ2n) is 9.37. The minimum absolute atomic E-state index is 0.0503. The molecule has 2 unspecified atom stereocenters. The van der Waals surface area contributed by atoms with Crippen LogP contribution >= 0.6 is 0 Å². The SMILES string of the molecule is NC(=O)c1ccc2c(c1)C(Cc1ccc(F)cc1C1CC(F)(F)C1)N(C1CCC(=O)NC1=O)C2=O. The number of halogens is 3. The van der Waals surface area contributed by atoms with E-state index in [2.05, 4.69) is 5.32 Å². The molecule has 1 saturated carbocycles. The average molecular weight is 485 g/mol. The third-order valence-electron chi connectivity index (χ3n) is 7.09. The molecule has 0 spiro atoms. The van der Waals surface area contributed by atoms with Gasteiger partial charge in [0.1, 0.15) is 11.9 Å². The number of nitrogens with two attached hydrogens (primary N) is 1. The first-order chi connectivity index (χ1) is 16.5. The molecule has 0 aromatic heterocycles. The zero-order valence-corrected chi connectivity index (χ0v) is 18.5. The number of primary amides is 1. The van der Waals surface area contributed by atoms with Gasteiger partial charge in [-0.1, -0.05) is 6.07 Å². The van der Waals surface area contributed by atoms with Crippen molar-refractivity contribution in [1.29, 1.82) is 0 Å². The molecule has 2 aliphatic heterocycles. The summed E-state index contributed by atoms with van der Waals surface area (Å²) in [6.07, 6.45) is -0.515. The topological polar surface area (TPSA) is 110 Å². The Morgan fingerprint density at radius 1 is 1.09 bits per heavy atom. The lowest BCUT2D eigenvalue weighted by Gasteiger charge is -2.38. The number of hydrogen-bond donors (Lipinski definition) is 2. The third-order valence-corrected chi connectivity index (χ3v) is 7.09. The van der Waals surface area contributed by atoms with Gasteiger partial charge in [-0.25, -0.2) is 13.2 Å². The van der Waals surface area contributed by atoms with Crippen LogP contribution in [0.1, 0.15) is 75.0 Å². The summed E-state index contributed by atoms with van der Waals surface area (Å²) in [6.45, 7) is 0. The Hall–Kier alpha value is -3.69. The molecule has 1 saturated heterocycles. The number of carbonyl (C=O) groups excluding carboxylic acids is 4. The van der Waals surface area contributed by atoms with Crippen molar-refractivity contribution in [3.05, 3.63) is 70.0 Å². The van der Waals surface area contributed by atoms with Gasteiger partial charge in [0.25, 0.3) is 5.91 Å². The highest BCUT2D eigenvalue weighted by Crippen LogP contribution is 2.50. The first-order valence-electron chi connectivity index (χ1n) is 11.3. The van der Waals surface area contributed by atoms with E-state index in [4.69, 9.17) is 5.73 Å².